The molecule has 0 spiro atoms. The summed E-state index contributed by atoms with van der Waals surface area (Å²) in [7, 11) is 2.21. The average molecular weight is 246 g/mol. The fourth-order valence-corrected chi connectivity index (χ4v) is 3.02. The molecule has 1 saturated heterocycles. The molecule has 1 aromatic heterocycles. The van der Waals surface area contributed by atoms with Gasteiger partial charge in [0, 0.05) is 17.8 Å². The number of nitrogens with zero attached hydrogens (tertiary/aromatic N) is 3. The van der Waals surface area contributed by atoms with Crippen LogP contribution in [0.15, 0.2) is 6.33 Å². The molecule has 0 atom stereocenters. The zero-order valence-electron chi connectivity index (χ0n) is 11.2. The second-order valence-electron chi connectivity index (χ2n) is 5.63. The molecule has 0 radical (unpaired) electrons. The van der Waals surface area contributed by atoms with E-state index < -0.39 is 0 Å². The molecule has 98 valence electrons. The minimum Gasteiger partial charge on any atom is -0.369 e. The summed E-state index contributed by atoms with van der Waals surface area (Å²) in [6.07, 6.45) is 7.82. The molecule has 0 saturated carbocycles. The van der Waals surface area contributed by atoms with Gasteiger partial charge in [0.25, 0.3) is 0 Å². The smallest absolute Gasteiger partial charge is 0.132 e. The minimum absolute atomic E-state index is 0.799. The van der Waals surface area contributed by atoms with Gasteiger partial charge in [0.1, 0.15) is 12.1 Å². The van der Waals surface area contributed by atoms with Crippen LogP contribution in [0.1, 0.15) is 30.5 Å². The van der Waals surface area contributed by atoms with Crippen molar-refractivity contribution in [2.75, 3.05) is 32.0 Å². The van der Waals surface area contributed by atoms with Gasteiger partial charge in [-0.3, -0.25) is 0 Å². The zero-order chi connectivity index (χ0) is 12.4. The van der Waals surface area contributed by atoms with Crippen molar-refractivity contribution in [3.05, 3.63) is 17.6 Å². The molecule has 4 nitrogen and oxygen atoms in total. The molecule has 1 fully saturated rings. The lowest BCUT2D eigenvalue weighted by atomic mass is 9.97. The fourth-order valence-electron chi connectivity index (χ4n) is 3.02. The predicted molar refractivity (Wildman–Crippen MR) is 72.8 cm³/mol. The number of aryl methyl sites for hydroxylation is 1. The van der Waals surface area contributed by atoms with Crippen molar-refractivity contribution in [3.63, 3.8) is 0 Å². The van der Waals surface area contributed by atoms with E-state index in [-0.39, 0.29) is 0 Å². The Morgan fingerprint density at radius 1 is 1.28 bits per heavy atom. The normalized spacial score (nSPS) is 20.9. The number of fused-ring (bicyclic) bond motifs is 1. The Kier molecular flexibility index (Phi) is 3.46. The maximum atomic E-state index is 4.42. The molecule has 2 aliphatic rings. The van der Waals surface area contributed by atoms with Gasteiger partial charge < -0.3 is 10.2 Å². The number of piperidine rings is 1. The van der Waals surface area contributed by atoms with Crippen LogP contribution in [-0.2, 0) is 12.8 Å². The summed E-state index contributed by atoms with van der Waals surface area (Å²) < 4.78 is 0. The van der Waals surface area contributed by atoms with Crippen LogP contribution in [0.5, 0.6) is 0 Å². The molecule has 0 amide bonds. The van der Waals surface area contributed by atoms with Gasteiger partial charge in [0.2, 0.25) is 0 Å². The van der Waals surface area contributed by atoms with Gasteiger partial charge in [-0.25, -0.2) is 9.97 Å². The zero-order valence-corrected chi connectivity index (χ0v) is 11.2. The van der Waals surface area contributed by atoms with E-state index in [1.54, 1.807) is 6.33 Å². The third-order valence-electron chi connectivity index (χ3n) is 4.27. The van der Waals surface area contributed by atoms with E-state index in [4.69, 9.17) is 0 Å². The average Bonchev–Trinajstić information content (AvgIpc) is 2.87. The number of rotatable bonds is 3. The second kappa shape index (κ2) is 5.22. The molecule has 3 rings (SSSR count). The summed E-state index contributed by atoms with van der Waals surface area (Å²) >= 11 is 0. The first-order valence-corrected chi connectivity index (χ1v) is 7.08. The molecule has 4 heteroatoms. The van der Waals surface area contributed by atoms with Crippen molar-refractivity contribution in [2.24, 2.45) is 5.92 Å². The number of anilines is 1. The van der Waals surface area contributed by atoms with Crippen LogP contribution in [0.3, 0.4) is 0 Å². The fraction of sp³-hybridized carbons (Fsp3) is 0.714. The van der Waals surface area contributed by atoms with Crippen molar-refractivity contribution in [3.8, 4) is 0 Å². The minimum atomic E-state index is 0.799. The lowest BCUT2D eigenvalue weighted by Gasteiger charge is -2.29. The maximum Gasteiger partial charge on any atom is 0.132 e. The first-order chi connectivity index (χ1) is 8.83. The highest BCUT2D eigenvalue weighted by atomic mass is 15.1. The SMILES string of the molecule is CN1CCC(CNc2ncnc3c2CCC3)CC1. The first-order valence-electron chi connectivity index (χ1n) is 7.08. The molecule has 1 aromatic rings. The largest absolute Gasteiger partial charge is 0.369 e. The number of aromatic nitrogens is 2. The summed E-state index contributed by atoms with van der Waals surface area (Å²) in [5.41, 5.74) is 2.63. The number of hydrogen-bond acceptors (Lipinski definition) is 4. The molecule has 1 aliphatic carbocycles. The summed E-state index contributed by atoms with van der Waals surface area (Å²) in [5.74, 6) is 1.89. The van der Waals surface area contributed by atoms with Crippen molar-refractivity contribution in [1.29, 1.82) is 0 Å². The standard InChI is InChI=1S/C14H22N4/c1-18-7-5-11(6-8-18)9-15-14-12-3-2-4-13(12)16-10-17-14/h10-11H,2-9H2,1H3,(H,15,16,17). The van der Waals surface area contributed by atoms with E-state index in [2.05, 4.69) is 27.2 Å². The summed E-state index contributed by atoms with van der Waals surface area (Å²) in [6.45, 7) is 3.53. The van der Waals surface area contributed by atoms with Crippen LogP contribution in [0.4, 0.5) is 5.82 Å². The molecule has 2 heterocycles. The van der Waals surface area contributed by atoms with Gasteiger partial charge in [-0.1, -0.05) is 0 Å². The summed E-state index contributed by atoms with van der Waals surface area (Å²) in [5, 5.41) is 3.56. The third-order valence-corrected chi connectivity index (χ3v) is 4.27. The van der Waals surface area contributed by atoms with Gasteiger partial charge in [0.05, 0.1) is 0 Å². The highest BCUT2D eigenvalue weighted by Crippen LogP contribution is 2.25. The maximum absolute atomic E-state index is 4.42. The monoisotopic (exact) mass is 246 g/mol. The predicted octanol–water partition coefficient (Wildman–Crippen LogP) is 1.72. The van der Waals surface area contributed by atoms with Crippen molar-refractivity contribution in [1.82, 2.24) is 14.9 Å². The van der Waals surface area contributed by atoms with E-state index in [1.807, 2.05) is 0 Å². The summed E-state index contributed by atoms with van der Waals surface area (Å²) in [4.78, 5) is 11.2. The van der Waals surface area contributed by atoms with E-state index >= 15 is 0 Å². The number of nitrogens with one attached hydrogen (secondary N) is 1. The molecule has 0 unspecified atom stereocenters. The molecule has 0 aromatic carbocycles. The Morgan fingerprint density at radius 2 is 2.11 bits per heavy atom. The Labute approximate surface area is 109 Å². The molecule has 18 heavy (non-hydrogen) atoms. The second-order valence-corrected chi connectivity index (χ2v) is 5.63. The van der Waals surface area contributed by atoms with Crippen molar-refractivity contribution >= 4 is 5.82 Å². The molecule has 0 bridgehead atoms. The van der Waals surface area contributed by atoms with E-state index in [9.17, 15) is 0 Å². The van der Waals surface area contributed by atoms with E-state index in [1.165, 1.54) is 43.6 Å². The van der Waals surface area contributed by atoms with Gasteiger partial charge in [0.15, 0.2) is 0 Å². The Hall–Kier alpha value is -1.16. The van der Waals surface area contributed by atoms with Crippen molar-refractivity contribution < 1.29 is 0 Å². The van der Waals surface area contributed by atoms with Gasteiger partial charge in [-0.15, -0.1) is 0 Å². The van der Waals surface area contributed by atoms with E-state index in [0.29, 0.717) is 0 Å². The van der Waals surface area contributed by atoms with Crippen LogP contribution in [0, 0.1) is 5.92 Å². The topological polar surface area (TPSA) is 41.0 Å². The Balaban J connectivity index is 1.59. The Bertz CT molecular complexity index is 410. The lowest BCUT2D eigenvalue weighted by Crippen LogP contribution is -2.33. The highest BCUT2D eigenvalue weighted by molar-refractivity contribution is 5.47. The van der Waals surface area contributed by atoms with E-state index in [0.717, 1.165) is 31.1 Å². The summed E-state index contributed by atoms with van der Waals surface area (Å²) in [6, 6.07) is 0. The Morgan fingerprint density at radius 3 is 2.94 bits per heavy atom. The van der Waals surface area contributed by atoms with Gasteiger partial charge >= 0.3 is 0 Å². The number of likely N-dealkylation sites (tertiary alicyclic amines) is 1. The number of hydrogen-bond donors (Lipinski definition) is 1. The van der Waals surface area contributed by atoms with Crippen molar-refractivity contribution in [2.45, 2.75) is 32.1 Å². The quantitative estimate of drug-likeness (QED) is 0.881. The highest BCUT2D eigenvalue weighted by Gasteiger charge is 2.19. The van der Waals surface area contributed by atoms with Crippen LogP contribution < -0.4 is 5.32 Å². The molecule has 1 aliphatic heterocycles. The van der Waals surface area contributed by atoms with Crippen LogP contribution in [0.2, 0.25) is 0 Å². The molecule has 1 N–H and O–H groups in total. The molecular weight excluding hydrogens is 224 g/mol. The van der Waals surface area contributed by atoms with Gasteiger partial charge in [-0.05, 0) is 58.2 Å². The lowest BCUT2D eigenvalue weighted by molar-refractivity contribution is 0.226. The van der Waals surface area contributed by atoms with Crippen LogP contribution in [0.25, 0.3) is 0 Å². The van der Waals surface area contributed by atoms with Crippen LogP contribution in [-0.4, -0.2) is 41.5 Å². The first kappa shape index (κ1) is 11.9. The van der Waals surface area contributed by atoms with Gasteiger partial charge in [-0.2, -0.15) is 0 Å². The third kappa shape index (κ3) is 2.48. The van der Waals surface area contributed by atoms with Crippen LogP contribution >= 0.6 is 0 Å². The molecular formula is C14H22N4.